The fraction of sp³-hybridized carbons (Fsp3) is 0.167. The molecule has 0 radical (unpaired) electrons. The summed E-state index contributed by atoms with van der Waals surface area (Å²) in [6.07, 6.45) is 0.599. The van der Waals surface area contributed by atoms with Crippen LogP contribution in [-0.2, 0) is 27.3 Å². The lowest BCUT2D eigenvalue weighted by molar-refractivity contribution is -0.154. The van der Waals surface area contributed by atoms with Crippen LogP contribution in [0.1, 0.15) is 18.1 Å². The Morgan fingerprint density at radius 3 is 2.63 bits per heavy atom. The van der Waals surface area contributed by atoms with E-state index < -0.39 is 18.0 Å². The fourth-order valence-corrected chi connectivity index (χ4v) is 3.39. The highest BCUT2D eigenvalue weighted by Gasteiger charge is 2.20. The summed E-state index contributed by atoms with van der Waals surface area (Å²) in [7, 11) is 0. The summed E-state index contributed by atoms with van der Waals surface area (Å²) in [6, 6.07) is 17.5. The highest BCUT2D eigenvalue weighted by molar-refractivity contribution is 6.08. The van der Waals surface area contributed by atoms with Gasteiger partial charge in [-0.1, -0.05) is 42.5 Å². The van der Waals surface area contributed by atoms with Gasteiger partial charge in [0, 0.05) is 17.5 Å². The van der Waals surface area contributed by atoms with Crippen molar-refractivity contribution in [3.63, 3.8) is 0 Å². The normalized spacial score (nSPS) is 12.1. The van der Waals surface area contributed by atoms with E-state index in [0.29, 0.717) is 11.1 Å². The first-order chi connectivity index (χ1) is 14.5. The molecule has 30 heavy (non-hydrogen) atoms. The highest BCUT2D eigenvalue weighted by Crippen LogP contribution is 2.30. The van der Waals surface area contributed by atoms with Gasteiger partial charge in [-0.25, -0.2) is 4.39 Å². The molecule has 1 N–H and O–H groups in total. The third kappa shape index (κ3) is 4.17. The summed E-state index contributed by atoms with van der Waals surface area (Å²) in [5.41, 5.74) is 2.16. The maximum absolute atomic E-state index is 12.9. The van der Waals surface area contributed by atoms with Crippen LogP contribution < -0.4 is 5.32 Å². The zero-order valence-corrected chi connectivity index (χ0v) is 16.4. The minimum absolute atomic E-state index is 0.00338. The molecule has 152 valence electrons. The molecule has 0 saturated carbocycles. The Morgan fingerprint density at radius 1 is 1.07 bits per heavy atom. The minimum Gasteiger partial charge on any atom is -0.464 e. The molecule has 1 heterocycles. The SMILES string of the molecule is C[C@@H](OC(=O)Cc1coc2ccc3ccccc3c12)C(=O)NCc1ccc(F)cc1. The molecule has 4 rings (SSSR count). The van der Waals surface area contributed by atoms with E-state index in [4.69, 9.17) is 9.15 Å². The Bertz CT molecular complexity index is 1210. The molecule has 0 bridgehead atoms. The summed E-state index contributed by atoms with van der Waals surface area (Å²) >= 11 is 0. The molecule has 0 unspecified atom stereocenters. The third-order valence-electron chi connectivity index (χ3n) is 4.93. The third-order valence-corrected chi connectivity index (χ3v) is 4.93. The quantitative estimate of drug-likeness (QED) is 0.479. The lowest BCUT2D eigenvalue weighted by Crippen LogP contribution is -2.35. The van der Waals surface area contributed by atoms with Crippen molar-refractivity contribution < 1.29 is 23.1 Å². The molecule has 0 aliphatic heterocycles. The van der Waals surface area contributed by atoms with Gasteiger partial charge in [-0.3, -0.25) is 9.59 Å². The molecule has 1 aromatic heterocycles. The molecular formula is C24H20FNO4. The second kappa shape index (κ2) is 8.37. The van der Waals surface area contributed by atoms with Gasteiger partial charge in [0.15, 0.2) is 6.10 Å². The van der Waals surface area contributed by atoms with Crippen LogP contribution in [0, 0.1) is 5.82 Å². The van der Waals surface area contributed by atoms with E-state index in [0.717, 1.165) is 21.7 Å². The van der Waals surface area contributed by atoms with Crippen LogP contribution in [0.3, 0.4) is 0 Å². The largest absolute Gasteiger partial charge is 0.464 e. The van der Waals surface area contributed by atoms with E-state index in [2.05, 4.69) is 5.32 Å². The van der Waals surface area contributed by atoms with Crippen LogP contribution in [-0.4, -0.2) is 18.0 Å². The van der Waals surface area contributed by atoms with Crippen molar-refractivity contribution in [2.24, 2.45) is 0 Å². The Morgan fingerprint density at radius 2 is 1.83 bits per heavy atom. The molecule has 5 nitrogen and oxygen atoms in total. The number of furan rings is 1. The highest BCUT2D eigenvalue weighted by atomic mass is 19.1. The second-order valence-electron chi connectivity index (χ2n) is 7.07. The van der Waals surface area contributed by atoms with Crippen molar-refractivity contribution in [1.29, 1.82) is 0 Å². The number of ether oxygens (including phenoxy) is 1. The van der Waals surface area contributed by atoms with Gasteiger partial charge in [0.25, 0.3) is 5.91 Å². The first-order valence-electron chi connectivity index (χ1n) is 9.61. The van der Waals surface area contributed by atoms with Crippen molar-refractivity contribution in [3.05, 3.63) is 83.9 Å². The van der Waals surface area contributed by atoms with E-state index in [1.807, 2.05) is 36.4 Å². The average Bonchev–Trinajstić information content (AvgIpc) is 3.16. The Kier molecular flexibility index (Phi) is 5.48. The zero-order valence-electron chi connectivity index (χ0n) is 16.4. The Hall–Kier alpha value is -3.67. The van der Waals surface area contributed by atoms with Gasteiger partial charge >= 0.3 is 5.97 Å². The second-order valence-corrected chi connectivity index (χ2v) is 7.07. The average molecular weight is 405 g/mol. The smallest absolute Gasteiger partial charge is 0.311 e. The number of fused-ring (bicyclic) bond motifs is 3. The van der Waals surface area contributed by atoms with E-state index in [1.54, 1.807) is 18.4 Å². The molecule has 4 aromatic rings. The van der Waals surface area contributed by atoms with Gasteiger partial charge in [-0.05, 0) is 41.5 Å². The first kappa shape index (κ1) is 19.6. The maximum Gasteiger partial charge on any atom is 0.311 e. The van der Waals surface area contributed by atoms with E-state index in [1.165, 1.54) is 19.1 Å². The number of rotatable bonds is 6. The van der Waals surface area contributed by atoms with Crippen molar-refractivity contribution in [1.82, 2.24) is 5.32 Å². The van der Waals surface area contributed by atoms with Crippen LogP contribution in [0.15, 0.2) is 71.3 Å². The predicted octanol–water partition coefficient (Wildman–Crippen LogP) is 4.52. The number of carbonyl (C=O) groups is 2. The number of hydrogen-bond acceptors (Lipinski definition) is 4. The molecule has 0 aliphatic rings. The van der Waals surface area contributed by atoms with Crippen LogP contribution in [0.5, 0.6) is 0 Å². The minimum atomic E-state index is -0.951. The number of benzene rings is 3. The van der Waals surface area contributed by atoms with Gasteiger partial charge in [-0.15, -0.1) is 0 Å². The monoisotopic (exact) mass is 405 g/mol. The zero-order chi connectivity index (χ0) is 21.1. The van der Waals surface area contributed by atoms with Crippen molar-refractivity contribution >= 4 is 33.6 Å². The predicted molar refractivity (Wildman–Crippen MR) is 111 cm³/mol. The lowest BCUT2D eigenvalue weighted by Gasteiger charge is -2.13. The summed E-state index contributed by atoms with van der Waals surface area (Å²) in [6.45, 7) is 1.74. The van der Waals surface area contributed by atoms with E-state index in [-0.39, 0.29) is 18.8 Å². The molecule has 0 saturated heterocycles. The van der Waals surface area contributed by atoms with Gasteiger partial charge in [-0.2, -0.15) is 0 Å². The van der Waals surface area contributed by atoms with Crippen molar-refractivity contribution in [2.45, 2.75) is 26.0 Å². The summed E-state index contributed by atoms with van der Waals surface area (Å²) in [4.78, 5) is 24.7. The first-order valence-corrected chi connectivity index (χ1v) is 9.61. The number of halogens is 1. The Labute approximate surface area is 172 Å². The molecule has 0 fully saturated rings. The van der Waals surface area contributed by atoms with Crippen LogP contribution in [0.25, 0.3) is 21.7 Å². The molecule has 0 spiro atoms. The standard InChI is InChI=1S/C24H20FNO4/c1-15(24(28)26-13-16-6-9-19(25)10-7-16)30-22(27)12-18-14-29-21-11-8-17-4-2-3-5-20(17)23(18)21/h2-11,14-15H,12-13H2,1H3,(H,26,28)/t15-/m1/s1. The van der Waals surface area contributed by atoms with E-state index >= 15 is 0 Å². The van der Waals surface area contributed by atoms with Crippen molar-refractivity contribution in [3.8, 4) is 0 Å². The number of carbonyl (C=O) groups excluding carboxylic acids is 2. The number of hydrogen-bond donors (Lipinski definition) is 1. The van der Waals surface area contributed by atoms with Crippen LogP contribution >= 0.6 is 0 Å². The van der Waals surface area contributed by atoms with Crippen LogP contribution in [0.2, 0.25) is 0 Å². The van der Waals surface area contributed by atoms with E-state index in [9.17, 15) is 14.0 Å². The lowest BCUT2D eigenvalue weighted by atomic mass is 10.0. The molecule has 1 atom stereocenters. The number of nitrogens with one attached hydrogen (secondary N) is 1. The van der Waals surface area contributed by atoms with Gasteiger partial charge < -0.3 is 14.5 Å². The summed E-state index contributed by atoms with van der Waals surface area (Å²) in [5, 5.41) is 5.60. The molecular weight excluding hydrogens is 385 g/mol. The maximum atomic E-state index is 12.9. The molecule has 3 aromatic carbocycles. The van der Waals surface area contributed by atoms with Gasteiger partial charge in [0.2, 0.25) is 0 Å². The summed E-state index contributed by atoms with van der Waals surface area (Å²) < 4.78 is 23.8. The molecule has 6 heteroatoms. The number of esters is 1. The molecule has 0 aliphatic carbocycles. The molecule has 1 amide bonds. The van der Waals surface area contributed by atoms with Gasteiger partial charge in [0.05, 0.1) is 12.7 Å². The number of amides is 1. The van der Waals surface area contributed by atoms with Gasteiger partial charge in [0.1, 0.15) is 11.4 Å². The summed E-state index contributed by atoms with van der Waals surface area (Å²) in [5.74, 6) is -1.28. The Balaban J connectivity index is 1.40. The topological polar surface area (TPSA) is 68.5 Å². The van der Waals surface area contributed by atoms with Crippen molar-refractivity contribution in [2.75, 3.05) is 0 Å². The fourth-order valence-electron chi connectivity index (χ4n) is 3.39. The van der Waals surface area contributed by atoms with Crippen LogP contribution in [0.4, 0.5) is 4.39 Å².